The average Bonchev–Trinajstić information content (AvgIpc) is 2.05. The summed E-state index contributed by atoms with van der Waals surface area (Å²) in [5.41, 5.74) is -3.61. The van der Waals surface area contributed by atoms with Crippen molar-refractivity contribution in [2.45, 2.75) is 26.2 Å². The fraction of sp³-hybridized carbons (Fsp3) is 0.600. The third kappa shape index (κ3) is 1.97. The Bertz CT molecular complexity index is 332. The van der Waals surface area contributed by atoms with E-state index >= 15 is 0 Å². The van der Waals surface area contributed by atoms with E-state index in [0.717, 1.165) is 26.0 Å². The molecule has 0 amide bonds. The van der Waals surface area contributed by atoms with Gasteiger partial charge in [-0.1, -0.05) is 25.2 Å². The first-order valence-corrected chi connectivity index (χ1v) is 4.53. The highest BCUT2D eigenvalue weighted by Crippen LogP contribution is 2.52. The third-order valence-corrected chi connectivity index (χ3v) is 3.02. The Labute approximate surface area is 88.6 Å². The maximum absolute atomic E-state index is 12.7. The zero-order valence-corrected chi connectivity index (χ0v) is 8.58. The molecule has 0 saturated carbocycles. The van der Waals surface area contributed by atoms with Crippen molar-refractivity contribution in [3.63, 3.8) is 0 Å². The lowest BCUT2D eigenvalue weighted by Crippen LogP contribution is -2.43. The van der Waals surface area contributed by atoms with Gasteiger partial charge in [0.25, 0.3) is 0 Å². The van der Waals surface area contributed by atoms with E-state index in [4.69, 9.17) is 0 Å². The Hall–Kier alpha value is -0.940. The quantitative estimate of drug-likeness (QED) is 0.559. The molecule has 1 rings (SSSR count). The van der Waals surface area contributed by atoms with Crippen LogP contribution in [-0.2, 0) is 0 Å². The molecule has 0 radical (unpaired) electrons. The van der Waals surface area contributed by atoms with E-state index < -0.39 is 29.3 Å². The lowest BCUT2D eigenvalue weighted by atomic mass is 9.70. The monoisotopic (exact) mass is 244 g/mol. The normalized spacial score (nSPS) is 31.5. The van der Waals surface area contributed by atoms with Gasteiger partial charge in [-0.2, -0.15) is 26.3 Å². The summed E-state index contributed by atoms with van der Waals surface area (Å²) in [4.78, 5) is 0. The SMILES string of the molecule is CC1C(C(F)(F)F)=CC=CC1(C)C(F)(F)F. The van der Waals surface area contributed by atoms with Gasteiger partial charge in [0.05, 0.1) is 5.41 Å². The highest BCUT2D eigenvalue weighted by atomic mass is 19.4. The molecule has 0 fully saturated rings. The van der Waals surface area contributed by atoms with Crippen LogP contribution in [0.3, 0.4) is 0 Å². The molecule has 0 spiro atoms. The molecule has 92 valence electrons. The Kier molecular flexibility index (Phi) is 2.90. The summed E-state index contributed by atoms with van der Waals surface area (Å²) in [7, 11) is 0. The third-order valence-electron chi connectivity index (χ3n) is 3.02. The second kappa shape index (κ2) is 3.53. The molecular formula is C10H10F6. The van der Waals surface area contributed by atoms with Gasteiger partial charge >= 0.3 is 12.4 Å². The smallest absolute Gasteiger partial charge is 0.170 e. The molecule has 6 heteroatoms. The topological polar surface area (TPSA) is 0 Å². The lowest BCUT2D eigenvalue weighted by Gasteiger charge is -2.38. The molecule has 0 aromatic rings. The van der Waals surface area contributed by atoms with Crippen molar-refractivity contribution in [1.82, 2.24) is 0 Å². The maximum atomic E-state index is 12.7. The first-order chi connectivity index (χ1) is 7.00. The van der Waals surface area contributed by atoms with Crippen molar-refractivity contribution in [2.24, 2.45) is 11.3 Å². The van der Waals surface area contributed by atoms with Crippen molar-refractivity contribution in [3.8, 4) is 0 Å². The molecule has 0 aromatic heterocycles. The molecule has 0 N–H and O–H groups in total. The van der Waals surface area contributed by atoms with Crippen LogP contribution in [0.25, 0.3) is 0 Å². The van der Waals surface area contributed by atoms with Crippen LogP contribution in [0.15, 0.2) is 23.8 Å². The van der Waals surface area contributed by atoms with E-state index in [1.54, 1.807) is 0 Å². The highest BCUT2D eigenvalue weighted by molar-refractivity contribution is 5.30. The van der Waals surface area contributed by atoms with E-state index in [1.165, 1.54) is 0 Å². The van der Waals surface area contributed by atoms with Crippen LogP contribution in [0.4, 0.5) is 26.3 Å². The number of hydrogen-bond acceptors (Lipinski definition) is 0. The standard InChI is InChI=1S/C10H10F6/c1-6-7(9(11,12)13)4-3-5-8(6,2)10(14,15)16/h3-6H,1-2H3. The summed E-state index contributed by atoms with van der Waals surface area (Å²) in [5.74, 6) is -1.64. The molecule has 2 unspecified atom stereocenters. The molecule has 0 bridgehead atoms. The maximum Gasteiger partial charge on any atom is 0.412 e. The minimum Gasteiger partial charge on any atom is -0.170 e. The number of halogens is 6. The zero-order valence-electron chi connectivity index (χ0n) is 8.58. The van der Waals surface area contributed by atoms with Crippen LogP contribution in [0.2, 0.25) is 0 Å². The molecule has 16 heavy (non-hydrogen) atoms. The number of alkyl halides is 6. The van der Waals surface area contributed by atoms with Crippen molar-refractivity contribution in [1.29, 1.82) is 0 Å². The van der Waals surface area contributed by atoms with Gasteiger partial charge in [0.1, 0.15) is 0 Å². The molecule has 0 nitrogen and oxygen atoms in total. The minimum absolute atomic E-state index is 0.693. The Balaban J connectivity index is 3.18. The van der Waals surface area contributed by atoms with E-state index in [9.17, 15) is 26.3 Å². The van der Waals surface area contributed by atoms with Crippen molar-refractivity contribution in [3.05, 3.63) is 23.8 Å². The summed E-state index contributed by atoms with van der Waals surface area (Å²) < 4.78 is 75.4. The van der Waals surface area contributed by atoms with Crippen molar-refractivity contribution in [2.75, 3.05) is 0 Å². The summed E-state index contributed by atoms with van der Waals surface area (Å²) in [5, 5.41) is 0. The number of hydrogen-bond donors (Lipinski definition) is 0. The van der Waals surface area contributed by atoms with Gasteiger partial charge in [0, 0.05) is 11.5 Å². The Morgan fingerprint density at radius 1 is 1.12 bits per heavy atom. The van der Waals surface area contributed by atoms with Crippen LogP contribution in [0.1, 0.15) is 13.8 Å². The number of allylic oxidation sites excluding steroid dienone is 4. The zero-order chi connectivity index (χ0) is 12.8. The van der Waals surface area contributed by atoms with Crippen molar-refractivity contribution < 1.29 is 26.3 Å². The van der Waals surface area contributed by atoms with Gasteiger partial charge in [0.15, 0.2) is 0 Å². The average molecular weight is 244 g/mol. The summed E-state index contributed by atoms with van der Waals surface area (Å²) in [6.45, 7) is 1.71. The first-order valence-electron chi connectivity index (χ1n) is 4.53. The van der Waals surface area contributed by atoms with E-state index in [1.807, 2.05) is 0 Å². The van der Waals surface area contributed by atoms with Crippen LogP contribution in [-0.4, -0.2) is 12.4 Å². The largest absolute Gasteiger partial charge is 0.412 e. The summed E-state index contributed by atoms with van der Waals surface area (Å²) in [6, 6.07) is 0. The molecule has 0 saturated heterocycles. The van der Waals surface area contributed by atoms with Crippen LogP contribution >= 0.6 is 0 Å². The minimum atomic E-state index is -4.73. The molecule has 0 aromatic carbocycles. The van der Waals surface area contributed by atoms with E-state index in [2.05, 4.69) is 0 Å². The van der Waals surface area contributed by atoms with Gasteiger partial charge < -0.3 is 0 Å². The summed E-state index contributed by atoms with van der Waals surface area (Å²) in [6.07, 6.45) is -7.15. The summed E-state index contributed by atoms with van der Waals surface area (Å²) >= 11 is 0. The van der Waals surface area contributed by atoms with E-state index in [0.29, 0.717) is 6.08 Å². The fourth-order valence-corrected chi connectivity index (χ4v) is 1.64. The Morgan fingerprint density at radius 2 is 1.62 bits per heavy atom. The van der Waals surface area contributed by atoms with E-state index in [-0.39, 0.29) is 0 Å². The lowest BCUT2D eigenvalue weighted by molar-refractivity contribution is -0.217. The van der Waals surface area contributed by atoms with Gasteiger partial charge in [0.2, 0.25) is 0 Å². The predicted octanol–water partition coefficient (Wildman–Crippen LogP) is 4.25. The molecule has 2 atom stereocenters. The number of rotatable bonds is 0. The first kappa shape index (κ1) is 13.1. The van der Waals surface area contributed by atoms with Gasteiger partial charge in [-0.3, -0.25) is 0 Å². The second-order valence-corrected chi connectivity index (χ2v) is 3.98. The molecule has 0 heterocycles. The van der Waals surface area contributed by atoms with Crippen LogP contribution in [0, 0.1) is 11.3 Å². The second-order valence-electron chi connectivity index (χ2n) is 3.98. The molecule has 1 aliphatic rings. The van der Waals surface area contributed by atoms with Crippen LogP contribution < -0.4 is 0 Å². The predicted molar refractivity (Wildman–Crippen MR) is 46.6 cm³/mol. The molecule has 1 aliphatic carbocycles. The van der Waals surface area contributed by atoms with Gasteiger partial charge in [-0.15, -0.1) is 0 Å². The van der Waals surface area contributed by atoms with Crippen LogP contribution in [0.5, 0.6) is 0 Å². The Morgan fingerprint density at radius 3 is 2.00 bits per heavy atom. The highest BCUT2D eigenvalue weighted by Gasteiger charge is 2.57. The van der Waals surface area contributed by atoms with Crippen molar-refractivity contribution >= 4 is 0 Å². The molecule has 0 aliphatic heterocycles. The van der Waals surface area contributed by atoms with Gasteiger partial charge in [-0.05, 0) is 6.92 Å². The fourth-order valence-electron chi connectivity index (χ4n) is 1.64. The van der Waals surface area contributed by atoms with Gasteiger partial charge in [-0.25, -0.2) is 0 Å². The molecular weight excluding hydrogens is 234 g/mol.